The second-order valence-electron chi connectivity index (χ2n) is 4.55. The highest BCUT2D eigenvalue weighted by Crippen LogP contribution is 2.26. The summed E-state index contributed by atoms with van der Waals surface area (Å²) in [4.78, 5) is 15.0. The van der Waals surface area contributed by atoms with Crippen LogP contribution in [-0.2, 0) is 5.54 Å². The summed E-state index contributed by atoms with van der Waals surface area (Å²) < 4.78 is 1.82. The Kier molecular flexibility index (Phi) is 2.99. The molecule has 90 valence electrons. The van der Waals surface area contributed by atoms with E-state index in [1.54, 1.807) is 24.7 Å². The van der Waals surface area contributed by atoms with Crippen LogP contribution in [0.1, 0.15) is 35.5 Å². The molecule has 0 spiro atoms. The topological polar surface area (TPSA) is 58.7 Å². The van der Waals surface area contributed by atoms with Gasteiger partial charge in [-0.1, -0.05) is 12.1 Å². The van der Waals surface area contributed by atoms with Crippen molar-refractivity contribution in [2.75, 3.05) is 0 Å². The zero-order chi connectivity index (χ0) is 13.2. The van der Waals surface area contributed by atoms with E-state index >= 15 is 0 Å². The fourth-order valence-electron chi connectivity index (χ4n) is 1.95. The summed E-state index contributed by atoms with van der Waals surface area (Å²) in [6.07, 6.45) is 3.97. The van der Waals surface area contributed by atoms with Gasteiger partial charge in [-0.2, -0.15) is 5.26 Å². The molecule has 18 heavy (non-hydrogen) atoms. The Morgan fingerprint density at radius 2 is 2.00 bits per heavy atom. The summed E-state index contributed by atoms with van der Waals surface area (Å²) in [7, 11) is 0. The Hall–Kier alpha value is -2.41. The maximum atomic E-state index is 11.0. The fourth-order valence-corrected chi connectivity index (χ4v) is 1.95. The van der Waals surface area contributed by atoms with E-state index < -0.39 is 0 Å². The van der Waals surface area contributed by atoms with Crippen molar-refractivity contribution in [1.82, 2.24) is 9.55 Å². The van der Waals surface area contributed by atoms with Crippen LogP contribution in [0.2, 0.25) is 0 Å². The molecular formula is C14H13N3O. The quantitative estimate of drug-likeness (QED) is 0.772. The maximum absolute atomic E-state index is 11.0. The minimum Gasteiger partial charge on any atom is -0.319 e. The molecule has 0 fully saturated rings. The van der Waals surface area contributed by atoms with E-state index in [1.165, 1.54) is 0 Å². The number of hydrogen-bond donors (Lipinski definition) is 0. The molecule has 1 aromatic carbocycles. The monoisotopic (exact) mass is 239 g/mol. The lowest BCUT2D eigenvalue weighted by Gasteiger charge is -2.28. The van der Waals surface area contributed by atoms with Crippen molar-refractivity contribution in [2.24, 2.45) is 0 Å². The first-order valence-corrected chi connectivity index (χ1v) is 5.58. The highest BCUT2D eigenvalue weighted by atomic mass is 16.1. The first-order valence-electron chi connectivity index (χ1n) is 5.58. The van der Waals surface area contributed by atoms with Crippen molar-refractivity contribution < 1.29 is 4.79 Å². The van der Waals surface area contributed by atoms with E-state index in [-0.39, 0.29) is 5.54 Å². The average Bonchev–Trinajstić information content (AvgIpc) is 2.88. The van der Waals surface area contributed by atoms with Crippen molar-refractivity contribution >= 4 is 6.29 Å². The van der Waals surface area contributed by atoms with Gasteiger partial charge in [-0.05, 0) is 31.5 Å². The molecule has 2 rings (SSSR count). The Labute approximate surface area is 106 Å². The lowest BCUT2D eigenvalue weighted by atomic mass is 9.93. The second kappa shape index (κ2) is 4.46. The molecule has 0 saturated carbocycles. The number of carbonyl (C=O) groups excluding carboxylic acids is 1. The summed E-state index contributed by atoms with van der Waals surface area (Å²) >= 11 is 0. The third kappa shape index (κ3) is 1.91. The van der Waals surface area contributed by atoms with Crippen molar-refractivity contribution in [3.8, 4) is 6.07 Å². The predicted octanol–water partition coefficient (Wildman–Crippen LogP) is 2.35. The number of aromatic nitrogens is 2. The van der Waals surface area contributed by atoms with E-state index in [1.807, 2.05) is 30.5 Å². The maximum Gasteiger partial charge on any atom is 0.168 e. The highest BCUT2D eigenvalue weighted by molar-refractivity contribution is 5.72. The van der Waals surface area contributed by atoms with Gasteiger partial charge >= 0.3 is 0 Å². The first kappa shape index (κ1) is 12.1. The molecule has 0 unspecified atom stereocenters. The molecule has 0 saturated heterocycles. The zero-order valence-electron chi connectivity index (χ0n) is 10.3. The largest absolute Gasteiger partial charge is 0.319 e. The molecule has 1 aromatic heterocycles. The summed E-state index contributed by atoms with van der Waals surface area (Å²) in [6.45, 7) is 4.01. The van der Waals surface area contributed by atoms with E-state index in [0.29, 0.717) is 11.3 Å². The molecule has 0 aliphatic heterocycles. The molecule has 0 amide bonds. The number of carbonyl (C=O) groups is 1. The van der Waals surface area contributed by atoms with Crippen LogP contribution in [0.15, 0.2) is 36.8 Å². The molecule has 0 atom stereocenters. The van der Waals surface area contributed by atoms with Crippen LogP contribution in [-0.4, -0.2) is 15.8 Å². The standard InChI is InChI=1S/C14H13N3O/c1-14(2,17-10-16-8-13(17)9-18)12-5-3-11(7-15)4-6-12/h3-6,8-10H,1-2H3. The second-order valence-corrected chi connectivity index (χ2v) is 4.55. The minimum atomic E-state index is -0.388. The summed E-state index contributed by atoms with van der Waals surface area (Å²) in [5.41, 5.74) is 1.78. The normalized spacial score (nSPS) is 10.9. The van der Waals surface area contributed by atoms with E-state index in [4.69, 9.17) is 5.26 Å². The average molecular weight is 239 g/mol. The van der Waals surface area contributed by atoms with Crippen molar-refractivity contribution in [3.05, 3.63) is 53.6 Å². The number of rotatable bonds is 3. The fraction of sp³-hybridized carbons (Fsp3) is 0.214. The number of imidazole rings is 1. The number of nitriles is 1. The van der Waals surface area contributed by atoms with Gasteiger partial charge in [-0.25, -0.2) is 4.98 Å². The van der Waals surface area contributed by atoms with Gasteiger partial charge in [-0.3, -0.25) is 4.79 Å². The van der Waals surface area contributed by atoms with Crippen LogP contribution in [0.3, 0.4) is 0 Å². The third-order valence-electron chi connectivity index (χ3n) is 3.11. The molecule has 0 radical (unpaired) electrons. The molecule has 0 bridgehead atoms. The molecule has 2 aromatic rings. The van der Waals surface area contributed by atoms with Crippen molar-refractivity contribution in [2.45, 2.75) is 19.4 Å². The van der Waals surface area contributed by atoms with Crippen LogP contribution in [0.5, 0.6) is 0 Å². The van der Waals surface area contributed by atoms with Crippen LogP contribution in [0, 0.1) is 11.3 Å². The summed E-state index contributed by atoms with van der Waals surface area (Å²) in [5, 5.41) is 8.79. The molecule has 0 N–H and O–H groups in total. The Bertz CT molecular complexity index is 603. The molecular weight excluding hydrogens is 226 g/mol. The number of aldehydes is 1. The van der Waals surface area contributed by atoms with E-state index in [9.17, 15) is 4.79 Å². The molecule has 4 heteroatoms. The van der Waals surface area contributed by atoms with E-state index in [2.05, 4.69) is 11.1 Å². The molecule has 0 aliphatic rings. The smallest absolute Gasteiger partial charge is 0.168 e. The predicted molar refractivity (Wildman–Crippen MR) is 67.2 cm³/mol. The van der Waals surface area contributed by atoms with Crippen LogP contribution >= 0.6 is 0 Å². The minimum absolute atomic E-state index is 0.388. The Morgan fingerprint density at radius 3 is 2.56 bits per heavy atom. The molecule has 0 aliphatic carbocycles. The zero-order valence-corrected chi connectivity index (χ0v) is 10.3. The Balaban J connectivity index is 2.47. The third-order valence-corrected chi connectivity index (χ3v) is 3.11. The lowest BCUT2D eigenvalue weighted by molar-refractivity contribution is 0.111. The van der Waals surface area contributed by atoms with Gasteiger partial charge in [-0.15, -0.1) is 0 Å². The summed E-state index contributed by atoms with van der Waals surface area (Å²) in [5.74, 6) is 0. The van der Waals surface area contributed by atoms with Gasteiger partial charge in [0.05, 0.1) is 29.7 Å². The van der Waals surface area contributed by atoms with Gasteiger partial charge in [0, 0.05) is 0 Å². The lowest BCUT2D eigenvalue weighted by Crippen LogP contribution is -2.28. The van der Waals surface area contributed by atoms with E-state index in [0.717, 1.165) is 11.8 Å². The highest BCUT2D eigenvalue weighted by Gasteiger charge is 2.24. The number of hydrogen-bond acceptors (Lipinski definition) is 3. The van der Waals surface area contributed by atoms with Crippen molar-refractivity contribution in [3.63, 3.8) is 0 Å². The Morgan fingerprint density at radius 1 is 1.33 bits per heavy atom. The van der Waals surface area contributed by atoms with Gasteiger partial charge in [0.1, 0.15) is 5.69 Å². The SMILES string of the molecule is CC(C)(c1ccc(C#N)cc1)n1cncc1C=O. The molecule has 1 heterocycles. The number of benzene rings is 1. The van der Waals surface area contributed by atoms with Crippen LogP contribution < -0.4 is 0 Å². The van der Waals surface area contributed by atoms with Gasteiger partial charge in [0.2, 0.25) is 0 Å². The summed E-state index contributed by atoms with van der Waals surface area (Å²) in [6, 6.07) is 9.42. The van der Waals surface area contributed by atoms with Gasteiger partial charge in [0.25, 0.3) is 0 Å². The van der Waals surface area contributed by atoms with Crippen LogP contribution in [0.4, 0.5) is 0 Å². The van der Waals surface area contributed by atoms with Gasteiger partial charge < -0.3 is 4.57 Å². The van der Waals surface area contributed by atoms with Crippen LogP contribution in [0.25, 0.3) is 0 Å². The van der Waals surface area contributed by atoms with Crippen molar-refractivity contribution in [1.29, 1.82) is 5.26 Å². The molecule has 4 nitrogen and oxygen atoms in total. The van der Waals surface area contributed by atoms with Gasteiger partial charge in [0.15, 0.2) is 6.29 Å². The first-order chi connectivity index (χ1) is 8.59. The number of nitrogens with zero attached hydrogens (tertiary/aromatic N) is 3.